The Labute approximate surface area is 90.3 Å². The molecule has 0 aromatic heterocycles. The predicted molar refractivity (Wildman–Crippen MR) is 54.6 cm³/mol. The second kappa shape index (κ2) is 4.81. The van der Waals surface area contributed by atoms with E-state index in [0.717, 1.165) is 0 Å². The number of rotatable bonds is 1. The van der Waals surface area contributed by atoms with Crippen LogP contribution in [-0.2, 0) is 14.2 Å². The highest BCUT2D eigenvalue weighted by Gasteiger charge is 2.27. The molecule has 0 aromatic carbocycles. The van der Waals surface area contributed by atoms with Gasteiger partial charge in [-0.25, -0.2) is 4.79 Å². The van der Waals surface area contributed by atoms with Crippen molar-refractivity contribution in [3.05, 3.63) is 0 Å². The molecular formula is C10H19NO4. The Kier molecular flexibility index (Phi) is 3.93. The van der Waals surface area contributed by atoms with Crippen LogP contribution < -0.4 is 0 Å². The lowest BCUT2D eigenvalue weighted by Gasteiger charge is -2.32. The average molecular weight is 217 g/mol. The Morgan fingerprint density at radius 3 is 2.53 bits per heavy atom. The molecule has 1 saturated heterocycles. The Morgan fingerprint density at radius 1 is 1.40 bits per heavy atom. The fraction of sp³-hybridized carbons (Fsp3) is 0.900. The maximum atomic E-state index is 11.6. The monoisotopic (exact) mass is 217 g/mol. The molecule has 0 N–H and O–H groups in total. The lowest BCUT2D eigenvalue weighted by Crippen LogP contribution is -2.46. The number of carbonyl (C=O) groups is 1. The predicted octanol–water partition coefficient (Wildman–Crippen LogP) is 1.23. The number of amides is 1. The third-order valence-corrected chi connectivity index (χ3v) is 1.91. The molecule has 1 heterocycles. The maximum Gasteiger partial charge on any atom is 0.412 e. The van der Waals surface area contributed by atoms with E-state index >= 15 is 0 Å². The first-order valence-corrected chi connectivity index (χ1v) is 5.05. The zero-order valence-corrected chi connectivity index (χ0v) is 9.78. The third-order valence-electron chi connectivity index (χ3n) is 1.91. The molecule has 1 aliphatic heterocycles. The highest BCUT2D eigenvalue weighted by molar-refractivity contribution is 5.67. The van der Waals surface area contributed by atoms with Gasteiger partial charge in [0.1, 0.15) is 5.60 Å². The summed E-state index contributed by atoms with van der Waals surface area (Å²) in [5.74, 6) is 0. The van der Waals surface area contributed by atoms with E-state index in [4.69, 9.17) is 14.2 Å². The molecule has 15 heavy (non-hydrogen) atoms. The fourth-order valence-electron chi connectivity index (χ4n) is 1.15. The first kappa shape index (κ1) is 12.3. The van der Waals surface area contributed by atoms with Crippen LogP contribution in [0.15, 0.2) is 0 Å². The summed E-state index contributed by atoms with van der Waals surface area (Å²) >= 11 is 0. The van der Waals surface area contributed by atoms with Gasteiger partial charge in [0.05, 0.1) is 19.8 Å². The van der Waals surface area contributed by atoms with Crippen molar-refractivity contribution in [1.29, 1.82) is 0 Å². The molecule has 5 heteroatoms. The molecule has 0 aliphatic carbocycles. The molecule has 88 valence electrons. The van der Waals surface area contributed by atoms with E-state index in [1.807, 2.05) is 20.8 Å². The molecule has 0 spiro atoms. The standard InChI is InChI=1S/C10H19NO4/c1-10(2,3)15-9(12)11(4)8-7-13-5-6-14-8/h8H,5-7H2,1-4H3/t8-/m1/s1. The van der Waals surface area contributed by atoms with Crippen LogP contribution in [0, 0.1) is 0 Å². The van der Waals surface area contributed by atoms with Crippen LogP contribution in [0.25, 0.3) is 0 Å². The summed E-state index contributed by atoms with van der Waals surface area (Å²) in [5.41, 5.74) is -0.485. The van der Waals surface area contributed by atoms with Crippen molar-refractivity contribution in [2.24, 2.45) is 0 Å². The minimum atomic E-state index is -0.485. The Morgan fingerprint density at radius 2 is 2.07 bits per heavy atom. The van der Waals surface area contributed by atoms with Gasteiger partial charge < -0.3 is 14.2 Å². The van der Waals surface area contributed by atoms with Gasteiger partial charge in [-0.3, -0.25) is 4.90 Å². The number of likely N-dealkylation sites (N-methyl/N-ethyl adjacent to an activating group) is 1. The minimum absolute atomic E-state index is 0.339. The van der Waals surface area contributed by atoms with Crippen molar-refractivity contribution in [3.8, 4) is 0 Å². The molecule has 0 saturated carbocycles. The van der Waals surface area contributed by atoms with Crippen LogP contribution in [-0.4, -0.2) is 49.7 Å². The van der Waals surface area contributed by atoms with Crippen LogP contribution in [0.1, 0.15) is 20.8 Å². The Balaban J connectivity index is 2.44. The van der Waals surface area contributed by atoms with Gasteiger partial charge in [-0.2, -0.15) is 0 Å². The van der Waals surface area contributed by atoms with Crippen molar-refractivity contribution in [2.75, 3.05) is 26.9 Å². The molecule has 1 amide bonds. The number of hydrogen-bond donors (Lipinski definition) is 0. The smallest absolute Gasteiger partial charge is 0.412 e. The fourth-order valence-corrected chi connectivity index (χ4v) is 1.15. The Bertz CT molecular complexity index is 218. The number of carbonyl (C=O) groups excluding carboxylic acids is 1. The van der Waals surface area contributed by atoms with E-state index in [1.165, 1.54) is 4.90 Å². The maximum absolute atomic E-state index is 11.6. The summed E-state index contributed by atoms with van der Waals surface area (Å²) in [6.45, 7) is 6.98. The molecule has 1 fully saturated rings. The first-order valence-electron chi connectivity index (χ1n) is 5.05. The van der Waals surface area contributed by atoms with Crippen molar-refractivity contribution in [1.82, 2.24) is 4.90 Å². The molecule has 1 rings (SSSR count). The SMILES string of the molecule is CN(C(=O)OC(C)(C)C)[C@H]1COCCO1. The zero-order valence-electron chi connectivity index (χ0n) is 9.78. The lowest BCUT2D eigenvalue weighted by atomic mass is 10.2. The molecule has 5 nitrogen and oxygen atoms in total. The quantitative estimate of drug-likeness (QED) is 0.662. The van der Waals surface area contributed by atoms with Gasteiger partial charge in [-0.1, -0.05) is 0 Å². The van der Waals surface area contributed by atoms with Crippen LogP contribution in [0.4, 0.5) is 4.79 Å². The lowest BCUT2D eigenvalue weighted by molar-refractivity contribution is -0.143. The highest BCUT2D eigenvalue weighted by atomic mass is 16.6. The molecule has 0 unspecified atom stereocenters. The van der Waals surface area contributed by atoms with E-state index in [1.54, 1.807) is 7.05 Å². The second-order valence-corrected chi connectivity index (χ2v) is 4.49. The summed E-state index contributed by atoms with van der Waals surface area (Å²) < 4.78 is 15.8. The summed E-state index contributed by atoms with van der Waals surface area (Å²) in [7, 11) is 1.65. The van der Waals surface area contributed by atoms with Crippen LogP contribution in [0.3, 0.4) is 0 Å². The van der Waals surface area contributed by atoms with E-state index in [-0.39, 0.29) is 6.23 Å². The minimum Gasteiger partial charge on any atom is -0.444 e. The van der Waals surface area contributed by atoms with Crippen molar-refractivity contribution in [3.63, 3.8) is 0 Å². The molecular weight excluding hydrogens is 198 g/mol. The first-order chi connectivity index (χ1) is 6.90. The van der Waals surface area contributed by atoms with Crippen LogP contribution >= 0.6 is 0 Å². The van der Waals surface area contributed by atoms with Crippen LogP contribution in [0.2, 0.25) is 0 Å². The summed E-state index contributed by atoms with van der Waals surface area (Å²) in [6.07, 6.45) is -0.730. The van der Waals surface area contributed by atoms with Gasteiger partial charge >= 0.3 is 6.09 Å². The normalized spacial score (nSPS) is 22.3. The molecule has 0 radical (unpaired) electrons. The summed E-state index contributed by atoms with van der Waals surface area (Å²) in [4.78, 5) is 13.0. The molecule has 1 atom stereocenters. The highest BCUT2D eigenvalue weighted by Crippen LogP contribution is 2.12. The summed E-state index contributed by atoms with van der Waals surface area (Å²) in [5, 5.41) is 0. The second-order valence-electron chi connectivity index (χ2n) is 4.49. The van der Waals surface area contributed by atoms with Crippen molar-refractivity contribution in [2.45, 2.75) is 32.6 Å². The van der Waals surface area contributed by atoms with E-state index < -0.39 is 11.7 Å². The van der Waals surface area contributed by atoms with E-state index in [0.29, 0.717) is 19.8 Å². The van der Waals surface area contributed by atoms with Crippen molar-refractivity contribution >= 4 is 6.09 Å². The van der Waals surface area contributed by atoms with Gasteiger partial charge in [0.25, 0.3) is 0 Å². The topological polar surface area (TPSA) is 48.0 Å². The molecule has 1 aliphatic rings. The van der Waals surface area contributed by atoms with Gasteiger partial charge in [-0.15, -0.1) is 0 Å². The van der Waals surface area contributed by atoms with Crippen LogP contribution in [0.5, 0.6) is 0 Å². The van der Waals surface area contributed by atoms with E-state index in [2.05, 4.69) is 0 Å². The average Bonchev–Trinajstić information content (AvgIpc) is 2.15. The zero-order chi connectivity index (χ0) is 11.5. The number of hydrogen-bond acceptors (Lipinski definition) is 4. The number of ether oxygens (including phenoxy) is 3. The number of nitrogens with zero attached hydrogens (tertiary/aromatic N) is 1. The van der Waals surface area contributed by atoms with Crippen molar-refractivity contribution < 1.29 is 19.0 Å². The van der Waals surface area contributed by atoms with Gasteiger partial charge in [0.2, 0.25) is 0 Å². The van der Waals surface area contributed by atoms with Gasteiger partial charge in [0, 0.05) is 7.05 Å². The summed E-state index contributed by atoms with van der Waals surface area (Å²) in [6, 6.07) is 0. The third kappa shape index (κ3) is 4.05. The molecule has 0 bridgehead atoms. The van der Waals surface area contributed by atoms with Gasteiger partial charge in [-0.05, 0) is 20.8 Å². The Hall–Kier alpha value is -0.810. The van der Waals surface area contributed by atoms with Gasteiger partial charge in [0.15, 0.2) is 6.23 Å². The van der Waals surface area contributed by atoms with E-state index in [9.17, 15) is 4.79 Å². The largest absolute Gasteiger partial charge is 0.444 e. The molecule has 0 aromatic rings.